The molecule has 0 aromatic carbocycles. The Balaban J connectivity index is 1.36. The Labute approximate surface area is 206 Å². The Hall–Kier alpha value is -3.91. The van der Waals surface area contributed by atoms with E-state index in [0.29, 0.717) is 17.9 Å². The molecule has 0 aliphatic carbocycles. The third-order valence-electron chi connectivity index (χ3n) is 5.52. The second-order valence-corrected chi connectivity index (χ2v) is 9.66. The highest BCUT2D eigenvalue weighted by molar-refractivity contribution is 8.00. The number of hydrogen-bond donors (Lipinski definition) is 3. The monoisotopic (exact) mass is 515 g/mol. The van der Waals surface area contributed by atoms with Crippen LogP contribution in [0.4, 0.5) is 5.13 Å². The van der Waals surface area contributed by atoms with Gasteiger partial charge in [-0.3, -0.25) is 14.5 Å². The van der Waals surface area contributed by atoms with Crippen molar-refractivity contribution in [2.24, 2.45) is 5.16 Å². The molecule has 35 heavy (non-hydrogen) atoms. The topological polar surface area (TPSA) is 164 Å². The predicted octanol–water partition coefficient (Wildman–Crippen LogP) is 0.548. The molecule has 0 bridgehead atoms. The van der Waals surface area contributed by atoms with Crippen molar-refractivity contribution in [1.29, 1.82) is 0 Å². The number of nitrogens with two attached hydrogens (primary N) is 1. The van der Waals surface area contributed by atoms with Crippen LogP contribution in [0.1, 0.15) is 5.69 Å². The lowest BCUT2D eigenvalue weighted by Crippen LogP contribution is -2.71. The van der Waals surface area contributed by atoms with Gasteiger partial charge in [-0.05, 0) is 6.07 Å². The third-order valence-corrected chi connectivity index (χ3v) is 7.54. The number of thiazole rings is 1. The number of anilines is 1. The summed E-state index contributed by atoms with van der Waals surface area (Å²) in [4.78, 5) is 48.0. The van der Waals surface area contributed by atoms with Crippen LogP contribution < -0.4 is 15.6 Å². The van der Waals surface area contributed by atoms with Crippen molar-refractivity contribution in [2.75, 3.05) is 18.6 Å². The first-order chi connectivity index (χ1) is 16.9. The zero-order chi connectivity index (χ0) is 24.7. The van der Waals surface area contributed by atoms with E-state index in [0.717, 1.165) is 22.3 Å². The smallest absolute Gasteiger partial charge is 0.352 e. The lowest BCUT2D eigenvalue weighted by Gasteiger charge is -2.49. The molecule has 14 heteroatoms. The van der Waals surface area contributed by atoms with E-state index in [9.17, 15) is 19.5 Å². The molecular weight excluding hydrogens is 496 g/mol. The van der Waals surface area contributed by atoms with Gasteiger partial charge in [-0.25, -0.2) is 14.3 Å². The maximum Gasteiger partial charge on any atom is 0.352 e. The molecule has 2 aliphatic heterocycles. The van der Waals surface area contributed by atoms with E-state index in [4.69, 9.17) is 15.0 Å². The number of carbonyl (C=O) groups excluding carboxylic acids is 2. The molecule has 2 aliphatic rings. The molecule has 4 N–H and O–H groups in total. The molecule has 1 unspecified atom stereocenters. The molecule has 5 heterocycles. The van der Waals surface area contributed by atoms with Gasteiger partial charge in [0.1, 0.15) is 35.5 Å². The number of hydrogen-bond acceptors (Lipinski definition) is 10. The van der Waals surface area contributed by atoms with Gasteiger partial charge >= 0.3 is 5.97 Å². The number of carbonyl (C=O) groups is 3. The van der Waals surface area contributed by atoms with Gasteiger partial charge in [0.2, 0.25) is 0 Å². The summed E-state index contributed by atoms with van der Waals surface area (Å²) < 4.78 is 7.19. The highest BCUT2D eigenvalue weighted by Crippen LogP contribution is 2.40. The second-order valence-electron chi connectivity index (χ2n) is 7.67. The molecule has 180 valence electrons. The minimum Gasteiger partial charge on any atom is -0.477 e. The first-order valence-corrected chi connectivity index (χ1v) is 12.2. The van der Waals surface area contributed by atoms with E-state index in [-0.39, 0.29) is 22.2 Å². The van der Waals surface area contributed by atoms with Crippen LogP contribution in [0.25, 0.3) is 11.0 Å². The summed E-state index contributed by atoms with van der Waals surface area (Å²) in [7, 11) is 1.28. The van der Waals surface area contributed by atoms with E-state index in [1.165, 1.54) is 23.8 Å². The van der Waals surface area contributed by atoms with Crippen molar-refractivity contribution in [3.63, 3.8) is 0 Å². The van der Waals surface area contributed by atoms with Gasteiger partial charge in [-0.1, -0.05) is 5.16 Å². The minimum atomic E-state index is -1.20. The summed E-state index contributed by atoms with van der Waals surface area (Å²) in [5, 5.41) is 18.4. The number of fused-ring (bicyclic) bond motifs is 2. The second kappa shape index (κ2) is 9.03. The van der Waals surface area contributed by atoms with Crippen LogP contribution in [0.5, 0.6) is 0 Å². The van der Waals surface area contributed by atoms with Crippen molar-refractivity contribution in [1.82, 2.24) is 15.2 Å². The van der Waals surface area contributed by atoms with Gasteiger partial charge in [-0.15, -0.1) is 23.1 Å². The summed E-state index contributed by atoms with van der Waals surface area (Å²) in [5.74, 6) is -2.02. The van der Waals surface area contributed by atoms with Crippen LogP contribution in [-0.2, 0) is 25.8 Å². The number of nitrogen functional groups attached to an aromatic ring is 1. The Morgan fingerprint density at radius 3 is 3.00 bits per heavy atom. The number of aromatic nitrogens is 2. The number of nitrogens with one attached hydrogen (secondary N) is 1. The number of carboxylic acid groups (broad SMARTS) is 1. The number of thioether (sulfide) groups is 1. The van der Waals surface area contributed by atoms with Gasteiger partial charge in [0, 0.05) is 22.8 Å². The molecule has 1 saturated heterocycles. The molecule has 3 aromatic heterocycles. The number of rotatable bonds is 7. The quantitative estimate of drug-likeness (QED) is 0.176. The maximum absolute atomic E-state index is 13.0. The molecule has 2 amide bonds. The summed E-state index contributed by atoms with van der Waals surface area (Å²) in [6.07, 6.45) is 5.22. The number of furan rings is 1. The van der Waals surface area contributed by atoms with Gasteiger partial charge in [0.15, 0.2) is 29.8 Å². The number of pyridine rings is 1. The molecular formula is C21H19N6O6S2+. The Morgan fingerprint density at radius 2 is 2.29 bits per heavy atom. The van der Waals surface area contributed by atoms with Gasteiger partial charge in [0.25, 0.3) is 11.8 Å². The number of nitrogens with zero attached hydrogens (tertiary/aromatic N) is 4. The van der Waals surface area contributed by atoms with Gasteiger partial charge < -0.3 is 25.4 Å². The van der Waals surface area contributed by atoms with E-state index >= 15 is 0 Å². The van der Waals surface area contributed by atoms with Crippen LogP contribution in [-0.4, -0.2) is 62.8 Å². The molecule has 0 saturated carbocycles. The zero-order valence-electron chi connectivity index (χ0n) is 18.2. The van der Waals surface area contributed by atoms with E-state index in [1.807, 2.05) is 16.8 Å². The van der Waals surface area contributed by atoms with Crippen molar-refractivity contribution in [3.05, 3.63) is 53.1 Å². The van der Waals surface area contributed by atoms with Crippen molar-refractivity contribution < 1.29 is 33.3 Å². The van der Waals surface area contributed by atoms with Gasteiger partial charge in [-0.2, -0.15) is 0 Å². The maximum atomic E-state index is 13.0. The normalized spacial score (nSPS) is 20.0. The number of aliphatic carboxylic acids is 1. The number of β-lactam (4-membered cyclic amide) rings is 1. The van der Waals surface area contributed by atoms with E-state index < -0.39 is 29.2 Å². The largest absolute Gasteiger partial charge is 0.477 e. The molecule has 0 spiro atoms. The Bertz CT molecular complexity index is 1410. The average Bonchev–Trinajstić information content (AvgIpc) is 3.48. The molecule has 12 nitrogen and oxygen atoms in total. The summed E-state index contributed by atoms with van der Waals surface area (Å²) in [6, 6.07) is 2.69. The van der Waals surface area contributed by atoms with Crippen LogP contribution >= 0.6 is 23.1 Å². The fraction of sp³-hybridized carbons (Fsp3) is 0.238. The van der Waals surface area contributed by atoms with Crippen LogP contribution in [0.3, 0.4) is 0 Å². The van der Waals surface area contributed by atoms with E-state index in [1.54, 1.807) is 23.9 Å². The summed E-state index contributed by atoms with van der Waals surface area (Å²) in [5.41, 5.74) is 6.97. The molecule has 0 radical (unpaired) electrons. The summed E-state index contributed by atoms with van der Waals surface area (Å²) >= 11 is 2.51. The minimum absolute atomic E-state index is 0.0675. The predicted molar refractivity (Wildman–Crippen MR) is 126 cm³/mol. The molecule has 5 rings (SSSR count). The molecule has 3 aromatic rings. The molecule has 1 fully saturated rings. The standard InChI is InChI=1S/C21H18N6O6S2/c1-32-25-14(12-9-35-21(22)23-12)17(28)24-15-18(29)27-16(20(30)31)11(8-34-19(15)27)7-26-4-2-13-10(6-26)3-5-33-13/h2-6,9,15,19H,7-8H2,1H3,(H3-,22,23,24,28,30,31)/p+1/t15?,19-/m0/s1. The average molecular weight is 516 g/mol. The lowest BCUT2D eigenvalue weighted by atomic mass is 10.0. The third kappa shape index (κ3) is 4.10. The van der Waals surface area contributed by atoms with Crippen LogP contribution in [0, 0.1) is 0 Å². The zero-order valence-corrected chi connectivity index (χ0v) is 19.8. The lowest BCUT2D eigenvalue weighted by molar-refractivity contribution is -0.687. The Kier molecular flexibility index (Phi) is 5.90. The van der Waals surface area contributed by atoms with Crippen molar-refractivity contribution in [2.45, 2.75) is 18.0 Å². The van der Waals surface area contributed by atoms with Crippen molar-refractivity contribution in [3.8, 4) is 0 Å². The van der Waals surface area contributed by atoms with Crippen molar-refractivity contribution >= 4 is 62.7 Å². The van der Waals surface area contributed by atoms with Gasteiger partial charge in [0.05, 0.1) is 11.6 Å². The number of carboxylic acids is 1. The Morgan fingerprint density at radius 1 is 1.46 bits per heavy atom. The first kappa shape index (κ1) is 22.9. The highest BCUT2D eigenvalue weighted by atomic mass is 32.2. The SMILES string of the molecule is CON=C(C(=O)NC1C(=O)N2C(C(=O)O)=C(C[n+]3ccc4occc4c3)CS[C@@H]12)c1csc(N)n1. The number of oxime groups is 1. The fourth-order valence-electron chi connectivity index (χ4n) is 3.98. The number of amides is 2. The molecule has 2 atom stereocenters. The van der Waals surface area contributed by atoms with Crippen LogP contribution in [0.2, 0.25) is 0 Å². The van der Waals surface area contributed by atoms with E-state index in [2.05, 4.69) is 15.5 Å². The first-order valence-electron chi connectivity index (χ1n) is 10.3. The summed E-state index contributed by atoms with van der Waals surface area (Å²) in [6.45, 7) is 0.291. The fourth-order valence-corrected chi connectivity index (χ4v) is 5.87. The highest BCUT2D eigenvalue weighted by Gasteiger charge is 2.54. The van der Waals surface area contributed by atoms with Crippen LogP contribution in [0.15, 0.2) is 57.0 Å².